The molecule has 1 aromatic carbocycles. The van der Waals surface area contributed by atoms with Crippen LogP contribution in [0.3, 0.4) is 0 Å². The maximum Gasteiger partial charge on any atom is 0.238 e. The smallest absolute Gasteiger partial charge is 0.238 e. The van der Waals surface area contributed by atoms with Gasteiger partial charge in [-0.2, -0.15) is 0 Å². The third kappa shape index (κ3) is 4.25. The van der Waals surface area contributed by atoms with Crippen LogP contribution in [-0.4, -0.2) is 16.5 Å². The Bertz CT molecular complexity index is 580. The van der Waals surface area contributed by atoms with E-state index >= 15 is 0 Å². The van der Waals surface area contributed by atoms with Crippen molar-refractivity contribution in [1.29, 1.82) is 0 Å². The maximum absolute atomic E-state index is 13.0. The van der Waals surface area contributed by atoms with Crippen LogP contribution in [0, 0.1) is 5.82 Å². The van der Waals surface area contributed by atoms with Gasteiger partial charge in [-0.15, -0.1) is 0 Å². The van der Waals surface area contributed by atoms with Crippen LogP contribution in [-0.2, 0) is 6.54 Å². The van der Waals surface area contributed by atoms with Gasteiger partial charge in [-0.05, 0) is 47.1 Å². The highest BCUT2D eigenvalue weighted by atomic mass is 79.9. The van der Waals surface area contributed by atoms with Crippen molar-refractivity contribution in [2.75, 3.05) is 6.54 Å². The lowest BCUT2D eigenvalue weighted by atomic mass is 10.3. The van der Waals surface area contributed by atoms with E-state index in [1.165, 1.54) is 18.3 Å². The average molecular weight is 340 g/mol. The van der Waals surface area contributed by atoms with E-state index in [1.807, 2.05) is 0 Å². The minimum absolute atomic E-state index is 0.326. The Morgan fingerprint density at radius 1 is 1.35 bits per heavy atom. The van der Waals surface area contributed by atoms with Crippen LogP contribution < -0.4 is 10.1 Å². The van der Waals surface area contributed by atoms with Crippen molar-refractivity contribution in [1.82, 2.24) is 15.3 Å². The van der Waals surface area contributed by atoms with Crippen molar-refractivity contribution < 1.29 is 9.13 Å². The summed E-state index contributed by atoms with van der Waals surface area (Å²) in [5, 5.41) is 3.24. The van der Waals surface area contributed by atoms with Crippen molar-refractivity contribution in [3.8, 4) is 11.6 Å². The zero-order valence-corrected chi connectivity index (χ0v) is 12.7. The number of nitrogens with one attached hydrogen (secondary N) is 1. The van der Waals surface area contributed by atoms with Crippen molar-refractivity contribution in [3.05, 3.63) is 46.6 Å². The number of nitrogens with zero attached hydrogens (tertiary/aromatic N) is 2. The fourth-order valence-corrected chi connectivity index (χ4v) is 2.02. The molecular weight excluding hydrogens is 325 g/mol. The summed E-state index contributed by atoms with van der Waals surface area (Å²) in [6.07, 6.45) is 4.28. The van der Waals surface area contributed by atoms with Gasteiger partial charge in [0.1, 0.15) is 11.6 Å². The lowest BCUT2D eigenvalue weighted by Gasteiger charge is -2.08. The summed E-state index contributed by atoms with van der Waals surface area (Å²) in [6.45, 7) is 3.67. The maximum atomic E-state index is 13.0. The van der Waals surface area contributed by atoms with Gasteiger partial charge >= 0.3 is 0 Å². The molecule has 0 aliphatic carbocycles. The van der Waals surface area contributed by atoms with Crippen LogP contribution in [0.5, 0.6) is 11.6 Å². The lowest BCUT2D eigenvalue weighted by molar-refractivity contribution is 0.452. The number of hydrogen-bond donors (Lipinski definition) is 1. The topological polar surface area (TPSA) is 47.0 Å². The first-order chi connectivity index (χ1) is 9.69. The summed E-state index contributed by atoms with van der Waals surface area (Å²) in [5.74, 6) is 0.556. The highest BCUT2D eigenvalue weighted by Gasteiger charge is 2.06. The molecule has 20 heavy (non-hydrogen) atoms. The predicted octanol–water partition coefficient (Wildman–Crippen LogP) is 3.67. The molecule has 0 saturated heterocycles. The fourth-order valence-electron chi connectivity index (χ4n) is 1.58. The van der Waals surface area contributed by atoms with Gasteiger partial charge in [0.05, 0.1) is 16.4 Å². The van der Waals surface area contributed by atoms with Gasteiger partial charge < -0.3 is 10.1 Å². The van der Waals surface area contributed by atoms with E-state index in [4.69, 9.17) is 4.74 Å². The van der Waals surface area contributed by atoms with Crippen molar-refractivity contribution in [2.24, 2.45) is 0 Å². The lowest BCUT2D eigenvalue weighted by Crippen LogP contribution is -2.15. The first-order valence-electron chi connectivity index (χ1n) is 6.33. The standard InChI is InChI=1S/C14H15BrFN3O/c1-2-5-17-7-11-8-18-9-14(19-11)20-13-4-3-10(16)6-12(13)15/h3-4,6,8-9,17H,2,5,7H2,1H3. The van der Waals surface area contributed by atoms with E-state index in [1.54, 1.807) is 12.3 Å². The highest BCUT2D eigenvalue weighted by Crippen LogP contribution is 2.29. The van der Waals surface area contributed by atoms with Crippen molar-refractivity contribution in [3.63, 3.8) is 0 Å². The Morgan fingerprint density at radius 3 is 2.95 bits per heavy atom. The summed E-state index contributed by atoms with van der Waals surface area (Å²) in [7, 11) is 0. The van der Waals surface area contributed by atoms with Gasteiger partial charge in [-0.3, -0.25) is 4.98 Å². The van der Waals surface area contributed by atoms with Crippen molar-refractivity contribution >= 4 is 15.9 Å². The van der Waals surface area contributed by atoms with Gasteiger partial charge in [0, 0.05) is 12.7 Å². The number of rotatable bonds is 6. The summed E-state index contributed by atoms with van der Waals surface area (Å²) in [4.78, 5) is 8.43. The van der Waals surface area contributed by atoms with E-state index < -0.39 is 0 Å². The Kier molecular flexibility index (Phi) is 5.43. The highest BCUT2D eigenvalue weighted by molar-refractivity contribution is 9.10. The molecule has 0 atom stereocenters. The third-order valence-electron chi connectivity index (χ3n) is 2.50. The molecule has 0 amide bonds. The number of ether oxygens (including phenoxy) is 1. The molecule has 2 rings (SSSR count). The van der Waals surface area contributed by atoms with E-state index in [-0.39, 0.29) is 5.82 Å². The molecule has 1 heterocycles. The Balaban J connectivity index is 2.07. The molecule has 4 nitrogen and oxygen atoms in total. The van der Waals surface area contributed by atoms with Crippen LogP contribution in [0.25, 0.3) is 0 Å². The number of halogens is 2. The van der Waals surface area contributed by atoms with Gasteiger partial charge in [0.2, 0.25) is 5.88 Å². The normalized spacial score (nSPS) is 10.6. The molecule has 0 radical (unpaired) electrons. The minimum Gasteiger partial charge on any atom is -0.436 e. The molecular formula is C14H15BrFN3O. The Labute approximate surface area is 125 Å². The van der Waals surface area contributed by atoms with Crippen LogP contribution >= 0.6 is 15.9 Å². The van der Waals surface area contributed by atoms with Gasteiger partial charge in [-0.25, -0.2) is 9.37 Å². The summed E-state index contributed by atoms with van der Waals surface area (Å²) in [5.41, 5.74) is 0.800. The van der Waals surface area contributed by atoms with Crippen LogP contribution in [0.2, 0.25) is 0 Å². The number of benzene rings is 1. The van der Waals surface area contributed by atoms with Gasteiger partial charge in [-0.1, -0.05) is 6.92 Å². The second kappa shape index (κ2) is 7.31. The molecule has 0 spiro atoms. The van der Waals surface area contributed by atoms with Crippen molar-refractivity contribution in [2.45, 2.75) is 19.9 Å². The second-order valence-electron chi connectivity index (χ2n) is 4.20. The molecule has 2 aromatic rings. The first-order valence-corrected chi connectivity index (χ1v) is 7.13. The third-order valence-corrected chi connectivity index (χ3v) is 3.12. The molecule has 0 aliphatic rings. The number of hydrogen-bond acceptors (Lipinski definition) is 4. The molecule has 106 valence electrons. The van der Waals surface area contributed by atoms with E-state index in [0.717, 1.165) is 18.7 Å². The molecule has 0 fully saturated rings. The zero-order chi connectivity index (χ0) is 14.4. The fraction of sp³-hybridized carbons (Fsp3) is 0.286. The van der Waals surface area contributed by atoms with Crippen LogP contribution in [0.1, 0.15) is 19.0 Å². The quantitative estimate of drug-likeness (QED) is 0.815. The second-order valence-corrected chi connectivity index (χ2v) is 5.06. The van der Waals surface area contributed by atoms with E-state index in [0.29, 0.717) is 22.6 Å². The average Bonchev–Trinajstić information content (AvgIpc) is 2.43. The van der Waals surface area contributed by atoms with Crippen LogP contribution in [0.15, 0.2) is 35.1 Å². The molecule has 0 bridgehead atoms. The monoisotopic (exact) mass is 339 g/mol. The van der Waals surface area contributed by atoms with E-state index in [9.17, 15) is 4.39 Å². The number of aromatic nitrogens is 2. The molecule has 0 unspecified atom stereocenters. The van der Waals surface area contributed by atoms with E-state index in [2.05, 4.69) is 38.1 Å². The minimum atomic E-state index is -0.326. The summed E-state index contributed by atoms with van der Waals surface area (Å²) in [6, 6.07) is 4.22. The largest absolute Gasteiger partial charge is 0.436 e. The first kappa shape index (κ1) is 14.9. The predicted molar refractivity (Wildman–Crippen MR) is 78.2 cm³/mol. The SMILES string of the molecule is CCCNCc1cncc(Oc2ccc(F)cc2Br)n1. The molecule has 6 heteroatoms. The van der Waals surface area contributed by atoms with Crippen LogP contribution in [0.4, 0.5) is 4.39 Å². The molecule has 1 N–H and O–H groups in total. The Morgan fingerprint density at radius 2 is 2.20 bits per heavy atom. The molecule has 0 aliphatic heterocycles. The molecule has 1 aromatic heterocycles. The summed E-state index contributed by atoms with van der Waals surface area (Å²) < 4.78 is 19.1. The van der Waals surface area contributed by atoms with Gasteiger partial charge in [0.15, 0.2) is 0 Å². The Hall–Kier alpha value is -1.53. The summed E-state index contributed by atoms with van der Waals surface area (Å²) >= 11 is 3.25. The molecule has 0 saturated carbocycles. The van der Waals surface area contributed by atoms with Gasteiger partial charge in [0.25, 0.3) is 0 Å². The zero-order valence-electron chi connectivity index (χ0n) is 11.1.